The van der Waals surface area contributed by atoms with Gasteiger partial charge < -0.3 is 15.0 Å². The molecule has 3 rings (SSSR count). The monoisotopic (exact) mass is 591 g/mol. The largest absolute Gasteiger partial charge is 0.497 e. The fraction of sp³-hybridized carbons (Fsp3) is 0.286. The number of likely N-dealkylation sites (N-methyl/N-ethyl adjacent to an activating group) is 1. The van der Waals surface area contributed by atoms with E-state index in [0.717, 1.165) is 16.1 Å². The smallest absolute Gasteiger partial charge is 0.244 e. The van der Waals surface area contributed by atoms with Crippen molar-refractivity contribution < 1.29 is 22.7 Å². The number of carbonyl (C=O) groups is 2. The summed E-state index contributed by atoms with van der Waals surface area (Å²) in [6.45, 7) is 1.62. The Morgan fingerprint density at radius 3 is 2.28 bits per heavy atom. The minimum Gasteiger partial charge on any atom is -0.497 e. The number of ether oxygens (including phenoxy) is 1. The number of anilines is 1. The van der Waals surface area contributed by atoms with E-state index in [2.05, 4.69) is 5.32 Å². The zero-order chi connectivity index (χ0) is 28.6. The second-order valence-corrected chi connectivity index (χ2v) is 11.6. The maximum absolute atomic E-state index is 14.0. The summed E-state index contributed by atoms with van der Waals surface area (Å²) in [7, 11) is -2.41. The molecule has 208 valence electrons. The second kappa shape index (κ2) is 13.7. The molecule has 11 heteroatoms. The van der Waals surface area contributed by atoms with Crippen molar-refractivity contribution >= 4 is 50.7 Å². The lowest BCUT2D eigenvalue weighted by molar-refractivity contribution is -0.140. The molecule has 1 atom stereocenters. The number of hydrogen-bond donors (Lipinski definition) is 1. The highest BCUT2D eigenvalue weighted by molar-refractivity contribution is 7.92. The molecule has 0 bridgehead atoms. The summed E-state index contributed by atoms with van der Waals surface area (Å²) >= 11 is 12.3. The van der Waals surface area contributed by atoms with Crippen molar-refractivity contribution in [2.75, 3.05) is 30.8 Å². The minimum atomic E-state index is -3.88. The van der Waals surface area contributed by atoms with Crippen LogP contribution in [-0.2, 0) is 32.6 Å². The van der Waals surface area contributed by atoms with E-state index in [-0.39, 0.29) is 24.6 Å². The number of nitrogens with one attached hydrogen (secondary N) is 1. The van der Waals surface area contributed by atoms with Gasteiger partial charge in [0.25, 0.3) is 0 Å². The Morgan fingerprint density at radius 1 is 0.949 bits per heavy atom. The molecule has 0 aliphatic rings. The van der Waals surface area contributed by atoms with Gasteiger partial charge in [-0.25, -0.2) is 8.42 Å². The molecule has 0 unspecified atom stereocenters. The summed E-state index contributed by atoms with van der Waals surface area (Å²) in [4.78, 5) is 28.7. The van der Waals surface area contributed by atoms with Crippen molar-refractivity contribution in [1.29, 1.82) is 0 Å². The van der Waals surface area contributed by atoms with Crippen LogP contribution in [0.4, 0.5) is 5.69 Å². The third-order valence-electron chi connectivity index (χ3n) is 5.98. The van der Waals surface area contributed by atoms with E-state index in [1.54, 1.807) is 43.3 Å². The van der Waals surface area contributed by atoms with Crippen LogP contribution in [0.2, 0.25) is 10.0 Å². The Kier molecular flexibility index (Phi) is 10.6. The second-order valence-electron chi connectivity index (χ2n) is 8.84. The molecule has 2 amide bonds. The number of benzene rings is 3. The first-order chi connectivity index (χ1) is 18.5. The van der Waals surface area contributed by atoms with Gasteiger partial charge >= 0.3 is 0 Å². The summed E-state index contributed by atoms with van der Waals surface area (Å²) in [6.07, 6.45) is 1.24. The van der Waals surface area contributed by atoms with Gasteiger partial charge in [-0.05, 0) is 42.3 Å². The Labute approximate surface area is 239 Å². The molecule has 0 saturated carbocycles. The summed E-state index contributed by atoms with van der Waals surface area (Å²) in [6, 6.07) is 19.7. The van der Waals surface area contributed by atoms with Crippen molar-refractivity contribution in [3.63, 3.8) is 0 Å². The molecule has 0 aliphatic heterocycles. The normalized spacial score (nSPS) is 11.9. The summed E-state index contributed by atoms with van der Waals surface area (Å²) in [5.41, 5.74) is 1.73. The number of rotatable bonds is 12. The van der Waals surface area contributed by atoms with Crippen LogP contribution in [0.25, 0.3) is 0 Å². The van der Waals surface area contributed by atoms with Gasteiger partial charge in [0.15, 0.2) is 0 Å². The minimum absolute atomic E-state index is 0.0000689. The standard InChI is InChI=1S/C28H31Cl2N3O5S/c1-4-31-28(35)26(16-20-9-6-5-7-10-20)32(18-21-13-14-24(29)25(30)15-21)27(34)19-33(39(3,36)37)22-11-8-12-23(17-22)38-2/h5-15,17,26H,4,16,18-19H2,1-3H3,(H,31,35)/t26-/m0/s1. The molecule has 0 aliphatic carbocycles. The third-order valence-corrected chi connectivity index (χ3v) is 7.86. The average Bonchev–Trinajstić information content (AvgIpc) is 2.91. The van der Waals surface area contributed by atoms with Crippen LogP contribution in [0.5, 0.6) is 5.75 Å². The zero-order valence-corrected chi connectivity index (χ0v) is 24.3. The first-order valence-electron chi connectivity index (χ1n) is 12.2. The molecule has 0 aromatic heterocycles. The van der Waals surface area contributed by atoms with Gasteiger partial charge in [0.2, 0.25) is 21.8 Å². The molecule has 1 N–H and O–H groups in total. The number of hydrogen-bond acceptors (Lipinski definition) is 5. The Morgan fingerprint density at radius 2 is 1.67 bits per heavy atom. The van der Waals surface area contributed by atoms with Crippen LogP contribution < -0.4 is 14.4 Å². The Bertz CT molecular complexity index is 1400. The van der Waals surface area contributed by atoms with Crippen molar-refractivity contribution in [3.8, 4) is 5.75 Å². The maximum atomic E-state index is 14.0. The quantitative estimate of drug-likeness (QED) is 0.333. The summed E-state index contributed by atoms with van der Waals surface area (Å²) < 4.78 is 31.9. The number of amides is 2. The average molecular weight is 593 g/mol. The molecule has 0 fully saturated rings. The number of sulfonamides is 1. The van der Waals surface area contributed by atoms with E-state index in [9.17, 15) is 18.0 Å². The first kappa shape index (κ1) is 30.3. The van der Waals surface area contributed by atoms with E-state index in [1.165, 1.54) is 18.1 Å². The molecule has 3 aromatic rings. The fourth-order valence-electron chi connectivity index (χ4n) is 4.06. The maximum Gasteiger partial charge on any atom is 0.244 e. The van der Waals surface area contributed by atoms with Crippen LogP contribution in [0.1, 0.15) is 18.1 Å². The van der Waals surface area contributed by atoms with Gasteiger partial charge in [0.1, 0.15) is 18.3 Å². The number of nitrogens with zero attached hydrogens (tertiary/aromatic N) is 2. The van der Waals surface area contributed by atoms with Crippen LogP contribution in [0.3, 0.4) is 0 Å². The molecule has 0 heterocycles. The van der Waals surface area contributed by atoms with E-state index >= 15 is 0 Å². The third kappa shape index (κ3) is 8.36. The van der Waals surface area contributed by atoms with Gasteiger partial charge in [0, 0.05) is 25.6 Å². The van der Waals surface area contributed by atoms with Crippen LogP contribution in [0, 0.1) is 0 Å². The highest BCUT2D eigenvalue weighted by Gasteiger charge is 2.33. The SMILES string of the molecule is CCNC(=O)[C@H](Cc1ccccc1)N(Cc1ccc(Cl)c(Cl)c1)C(=O)CN(c1cccc(OC)c1)S(C)(=O)=O. The molecule has 8 nitrogen and oxygen atoms in total. The van der Waals surface area contributed by atoms with Crippen LogP contribution in [0.15, 0.2) is 72.8 Å². The van der Waals surface area contributed by atoms with Crippen molar-refractivity contribution in [2.45, 2.75) is 25.9 Å². The number of methoxy groups -OCH3 is 1. The van der Waals surface area contributed by atoms with E-state index in [0.29, 0.717) is 27.9 Å². The lowest BCUT2D eigenvalue weighted by Crippen LogP contribution is -2.53. The summed E-state index contributed by atoms with van der Waals surface area (Å²) in [5, 5.41) is 3.46. The topological polar surface area (TPSA) is 96.0 Å². The van der Waals surface area contributed by atoms with Crippen molar-refractivity contribution in [1.82, 2.24) is 10.2 Å². The van der Waals surface area contributed by atoms with E-state index in [4.69, 9.17) is 27.9 Å². The van der Waals surface area contributed by atoms with E-state index < -0.39 is 28.5 Å². The van der Waals surface area contributed by atoms with E-state index in [1.807, 2.05) is 30.3 Å². The first-order valence-corrected chi connectivity index (χ1v) is 14.8. The molecule has 3 aromatic carbocycles. The predicted molar refractivity (Wildman–Crippen MR) is 155 cm³/mol. The molecule has 0 radical (unpaired) electrons. The Balaban J connectivity index is 2.06. The van der Waals surface area contributed by atoms with Crippen LogP contribution >= 0.6 is 23.2 Å². The zero-order valence-electron chi connectivity index (χ0n) is 21.9. The molecule has 0 spiro atoms. The number of halogens is 2. The molecule has 39 heavy (non-hydrogen) atoms. The van der Waals surface area contributed by atoms with Gasteiger partial charge in [-0.1, -0.05) is 65.7 Å². The predicted octanol–water partition coefficient (Wildman–Crippen LogP) is 4.54. The number of carbonyl (C=O) groups excluding carboxylic acids is 2. The molecule has 0 saturated heterocycles. The van der Waals surface area contributed by atoms with Gasteiger partial charge in [0.05, 0.1) is 29.1 Å². The lowest BCUT2D eigenvalue weighted by atomic mass is 10.0. The Hall–Kier alpha value is -3.27. The van der Waals surface area contributed by atoms with Gasteiger partial charge in [-0.3, -0.25) is 13.9 Å². The summed E-state index contributed by atoms with van der Waals surface area (Å²) in [5.74, 6) is -0.492. The molecular weight excluding hydrogens is 561 g/mol. The van der Waals surface area contributed by atoms with Crippen molar-refractivity contribution in [2.24, 2.45) is 0 Å². The van der Waals surface area contributed by atoms with Crippen LogP contribution in [-0.4, -0.2) is 57.6 Å². The van der Waals surface area contributed by atoms with Gasteiger partial charge in [-0.15, -0.1) is 0 Å². The highest BCUT2D eigenvalue weighted by atomic mass is 35.5. The fourth-order valence-corrected chi connectivity index (χ4v) is 5.22. The molecular formula is C28H31Cl2N3O5S. The van der Waals surface area contributed by atoms with Gasteiger partial charge in [-0.2, -0.15) is 0 Å². The van der Waals surface area contributed by atoms with Crippen molar-refractivity contribution in [3.05, 3.63) is 94.0 Å². The lowest BCUT2D eigenvalue weighted by Gasteiger charge is -2.33. The highest BCUT2D eigenvalue weighted by Crippen LogP contribution is 2.26.